The topological polar surface area (TPSA) is 74.7 Å². The molecule has 0 unspecified atom stereocenters. The third-order valence-electron chi connectivity index (χ3n) is 4.91. The van der Waals surface area contributed by atoms with E-state index in [0.29, 0.717) is 24.2 Å². The molecule has 8 heteroatoms. The third-order valence-corrected chi connectivity index (χ3v) is 6.72. The van der Waals surface area contributed by atoms with Crippen molar-refractivity contribution in [2.75, 3.05) is 41.3 Å². The van der Waals surface area contributed by atoms with Crippen LogP contribution in [0.25, 0.3) is 10.9 Å². The van der Waals surface area contributed by atoms with Crippen molar-refractivity contribution in [3.63, 3.8) is 0 Å². The minimum atomic E-state index is -3.56. The van der Waals surface area contributed by atoms with Gasteiger partial charge in [0.2, 0.25) is 10.0 Å². The van der Waals surface area contributed by atoms with Gasteiger partial charge < -0.3 is 14.8 Å². The molecule has 1 aromatic heterocycles. The lowest BCUT2D eigenvalue weighted by atomic mass is 10.2. The van der Waals surface area contributed by atoms with Crippen LogP contribution in [0.1, 0.15) is 16.1 Å². The van der Waals surface area contributed by atoms with Crippen molar-refractivity contribution in [3.05, 3.63) is 65.9 Å². The van der Waals surface area contributed by atoms with Crippen LogP contribution in [0.3, 0.4) is 0 Å². The van der Waals surface area contributed by atoms with Crippen molar-refractivity contribution in [2.24, 2.45) is 0 Å². The van der Waals surface area contributed by atoms with Crippen LogP contribution in [0.5, 0.6) is 0 Å². The lowest BCUT2D eigenvalue weighted by molar-refractivity contribution is 0.0942. The average Bonchev–Trinajstić information content (AvgIpc) is 3.06. The Hall–Kier alpha value is -2.68. The van der Waals surface area contributed by atoms with Gasteiger partial charge in [0.15, 0.2) is 0 Å². The summed E-state index contributed by atoms with van der Waals surface area (Å²) in [6.45, 7) is 1.77. The quantitative estimate of drug-likeness (QED) is 0.597. The highest BCUT2D eigenvalue weighted by Gasteiger charge is 2.21. The zero-order valence-electron chi connectivity index (χ0n) is 17.8. The summed E-state index contributed by atoms with van der Waals surface area (Å²) in [5, 5.41) is 3.67. The molecule has 0 atom stereocenters. The van der Waals surface area contributed by atoms with Gasteiger partial charge in [0.25, 0.3) is 5.91 Å². The Kier molecular flexibility index (Phi) is 6.60. The summed E-state index contributed by atoms with van der Waals surface area (Å²) in [6.07, 6.45) is 0. The molecule has 1 amide bonds. The van der Waals surface area contributed by atoms with Crippen LogP contribution in [-0.2, 0) is 16.6 Å². The van der Waals surface area contributed by atoms with Gasteiger partial charge in [-0.25, -0.2) is 12.7 Å². The average molecular weight is 429 g/mol. The Morgan fingerprint density at radius 2 is 1.70 bits per heavy atom. The Balaban J connectivity index is 2.05. The second-order valence-electron chi connectivity index (χ2n) is 7.67. The molecule has 1 N–H and O–H groups in total. The SMILES string of the molecule is CN(C)CCNC(=O)c1cc2cc(S(=O)(=O)N(C)C)ccc2n1Cc1ccccc1. The van der Waals surface area contributed by atoms with Gasteiger partial charge in [-0.1, -0.05) is 30.3 Å². The van der Waals surface area contributed by atoms with E-state index in [2.05, 4.69) is 5.32 Å². The van der Waals surface area contributed by atoms with Gasteiger partial charge >= 0.3 is 0 Å². The minimum absolute atomic E-state index is 0.180. The van der Waals surface area contributed by atoms with E-state index in [0.717, 1.165) is 17.6 Å². The fourth-order valence-electron chi connectivity index (χ4n) is 3.23. The molecule has 3 aromatic rings. The molecular formula is C22H28N4O3S. The summed E-state index contributed by atoms with van der Waals surface area (Å²) in [7, 11) is 3.35. The monoisotopic (exact) mass is 428 g/mol. The zero-order chi connectivity index (χ0) is 21.9. The highest BCUT2D eigenvalue weighted by Crippen LogP contribution is 2.25. The van der Waals surface area contributed by atoms with E-state index >= 15 is 0 Å². The molecule has 0 fully saturated rings. The van der Waals surface area contributed by atoms with Crippen LogP contribution >= 0.6 is 0 Å². The molecule has 0 spiro atoms. The fraction of sp³-hybridized carbons (Fsp3) is 0.318. The second kappa shape index (κ2) is 8.99. The number of carbonyl (C=O) groups excluding carboxylic acids is 1. The highest BCUT2D eigenvalue weighted by atomic mass is 32.2. The summed E-state index contributed by atoms with van der Waals surface area (Å²) in [4.78, 5) is 15.1. The summed E-state index contributed by atoms with van der Waals surface area (Å²) >= 11 is 0. The summed E-state index contributed by atoms with van der Waals surface area (Å²) in [6, 6.07) is 16.6. The van der Waals surface area contributed by atoms with E-state index in [1.807, 2.05) is 53.9 Å². The van der Waals surface area contributed by atoms with Crippen LogP contribution in [0, 0.1) is 0 Å². The van der Waals surface area contributed by atoms with Gasteiger partial charge in [0, 0.05) is 44.6 Å². The Bertz CT molecular complexity index is 1140. The van der Waals surface area contributed by atoms with Crippen LogP contribution < -0.4 is 5.32 Å². The van der Waals surface area contributed by atoms with E-state index < -0.39 is 10.0 Å². The predicted molar refractivity (Wildman–Crippen MR) is 119 cm³/mol. The van der Waals surface area contributed by atoms with Crippen LogP contribution in [0.4, 0.5) is 0 Å². The number of hydrogen-bond acceptors (Lipinski definition) is 4. The molecule has 0 aliphatic heterocycles. The smallest absolute Gasteiger partial charge is 0.267 e. The van der Waals surface area contributed by atoms with E-state index in [4.69, 9.17) is 0 Å². The van der Waals surface area contributed by atoms with Gasteiger partial charge in [-0.2, -0.15) is 0 Å². The number of amides is 1. The van der Waals surface area contributed by atoms with Gasteiger partial charge in [0.1, 0.15) is 5.69 Å². The standard InChI is InChI=1S/C22H28N4O3S/c1-24(2)13-12-23-22(27)21-15-18-14-19(30(28,29)25(3)4)10-11-20(18)26(21)16-17-8-6-5-7-9-17/h5-11,14-15H,12-13,16H2,1-4H3,(H,23,27). The normalized spacial score (nSPS) is 12.1. The number of sulfonamides is 1. The third kappa shape index (κ3) is 4.72. The molecule has 30 heavy (non-hydrogen) atoms. The van der Waals surface area contributed by atoms with E-state index in [-0.39, 0.29) is 10.8 Å². The first-order valence-electron chi connectivity index (χ1n) is 9.73. The van der Waals surface area contributed by atoms with Crippen molar-refractivity contribution in [1.29, 1.82) is 0 Å². The molecule has 2 aromatic carbocycles. The van der Waals surface area contributed by atoms with Crippen molar-refractivity contribution in [2.45, 2.75) is 11.4 Å². The molecule has 7 nitrogen and oxygen atoms in total. The van der Waals surface area contributed by atoms with Crippen LogP contribution in [0.15, 0.2) is 59.5 Å². The molecule has 0 saturated carbocycles. The number of aromatic nitrogens is 1. The molecule has 160 valence electrons. The predicted octanol–water partition coefficient (Wildman–Crippen LogP) is 2.23. The van der Waals surface area contributed by atoms with Gasteiger partial charge in [-0.3, -0.25) is 4.79 Å². The summed E-state index contributed by atoms with van der Waals surface area (Å²) < 4.78 is 28.2. The number of benzene rings is 2. The van der Waals surface area contributed by atoms with Gasteiger partial charge in [-0.05, 0) is 43.9 Å². The van der Waals surface area contributed by atoms with Crippen molar-refractivity contribution < 1.29 is 13.2 Å². The molecule has 0 aliphatic rings. The maximum atomic E-state index is 12.9. The maximum absolute atomic E-state index is 12.9. The molecule has 0 radical (unpaired) electrons. The molecule has 0 aliphatic carbocycles. The fourth-order valence-corrected chi connectivity index (χ4v) is 4.17. The molecule has 0 bridgehead atoms. The lowest BCUT2D eigenvalue weighted by Crippen LogP contribution is -2.32. The maximum Gasteiger partial charge on any atom is 0.267 e. The Morgan fingerprint density at radius 3 is 2.33 bits per heavy atom. The number of nitrogens with one attached hydrogen (secondary N) is 1. The van der Waals surface area contributed by atoms with E-state index in [9.17, 15) is 13.2 Å². The van der Waals surface area contributed by atoms with Crippen molar-refractivity contribution in [3.8, 4) is 0 Å². The van der Waals surface area contributed by atoms with Crippen molar-refractivity contribution >= 4 is 26.8 Å². The highest BCUT2D eigenvalue weighted by molar-refractivity contribution is 7.89. The number of fused-ring (bicyclic) bond motifs is 1. The number of likely N-dealkylation sites (N-methyl/N-ethyl adjacent to an activating group) is 1. The Morgan fingerprint density at radius 1 is 1.00 bits per heavy atom. The molecule has 3 rings (SSSR count). The zero-order valence-corrected chi connectivity index (χ0v) is 18.6. The van der Waals surface area contributed by atoms with Crippen molar-refractivity contribution in [1.82, 2.24) is 19.1 Å². The van der Waals surface area contributed by atoms with Gasteiger partial charge in [-0.15, -0.1) is 0 Å². The van der Waals surface area contributed by atoms with E-state index in [1.165, 1.54) is 18.4 Å². The van der Waals surface area contributed by atoms with E-state index in [1.54, 1.807) is 24.3 Å². The Labute approximate surface area is 178 Å². The number of rotatable bonds is 8. The van der Waals surface area contributed by atoms with Crippen LogP contribution in [0.2, 0.25) is 0 Å². The van der Waals surface area contributed by atoms with Crippen LogP contribution in [-0.4, -0.2) is 69.4 Å². The first-order chi connectivity index (χ1) is 14.2. The first kappa shape index (κ1) is 22.0. The summed E-state index contributed by atoms with van der Waals surface area (Å²) in [5.74, 6) is -0.180. The molecule has 0 saturated heterocycles. The minimum Gasteiger partial charge on any atom is -0.349 e. The van der Waals surface area contributed by atoms with Gasteiger partial charge in [0.05, 0.1) is 4.90 Å². The number of carbonyl (C=O) groups is 1. The lowest BCUT2D eigenvalue weighted by Gasteiger charge is -2.14. The largest absolute Gasteiger partial charge is 0.349 e. The number of nitrogens with zero attached hydrogens (tertiary/aromatic N) is 3. The summed E-state index contributed by atoms with van der Waals surface area (Å²) in [5.41, 5.74) is 2.38. The second-order valence-corrected chi connectivity index (χ2v) is 9.82. The molecular weight excluding hydrogens is 400 g/mol. The molecule has 1 heterocycles. The first-order valence-corrected chi connectivity index (χ1v) is 11.2. The number of hydrogen-bond donors (Lipinski definition) is 1.